The van der Waals surface area contributed by atoms with E-state index in [0.717, 1.165) is 18.3 Å². The van der Waals surface area contributed by atoms with Gasteiger partial charge in [-0.25, -0.2) is 4.99 Å². The zero-order chi connectivity index (χ0) is 18.8. The lowest BCUT2D eigenvalue weighted by atomic mass is 10.1. The zero-order valence-corrected chi connectivity index (χ0v) is 17.0. The van der Waals surface area contributed by atoms with Gasteiger partial charge in [-0.3, -0.25) is 0 Å². The zero-order valence-electron chi connectivity index (χ0n) is 17.0. The Labute approximate surface area is 159 Å². The number of likely N-dealkylation sites (tertiary alicyclic amines) is 1. The SMILES string of the molecule is CCCN1CCC(NC(=NCc2ccc(OCC)c(C)c2)NCC)CC1. The Morgan fingerprint density at radius 1 is 1.23 bits per heavy atom. The molecular formula is C21H36N4O. The van der Waals surface area contributed by atoms with Crippen molar-refractivity contribution in [3.05, 3.63) is 29.3 Å². The van der Waals surface area contributed by atoms with Gasteiger partial charge in [0, 0.05) is 25.7 Å². The van der Waals surface area contributed by atoms with E-state index in [1.165, 1.54) is 50.0 Å². The summed E-state index contributed by atoms with van der Waals surface area (Å²) in [5, 5.41) is 7.01. The van der Waals surface area contributed by atoms with Crippen molar-refractivity contribution in [2.45, 2.75) is 59.5 Å². The minimum Gasteiger partial charge on any atom is -0.494 e. The van der Waals surface area contributed by atoms with E-state index < -0.39 is 0 Å². The molecule has 0 unspecified atom stereocenters. The molecule has 0 amide bonds. The van der Waals surface area contributed by atoms with Crippen LogP contribution in [0.5, 0.6) is 5.75 Å². The van der Waals surface area contributed by atoms with E-state index in [-0.39, 0.29) is 0 Å². The molecule has 5 nitrogen and oxygen atoms in total. The standard InChI is InChI=1S/C21H36N4O/c1-5-12-25-13-10-19(11-14-25)24-21(22-6-2)23-16-18-8-9-20(26-7-3)17(4)15-18/h8-9,15,19H,5-7,10-14,16H2,1-4H3,(H2,22,23,24). The number of aliphatic imine (C=N–C) groups is 1. The summed E-state index contributed by atoms with van der Waals surface area (Å²) >= 11 is 0. The fourth-order valence-electron chi connectivity index (χ4n) is 3.43. The predicted molar refractivity (Wildman–Crippen MR) is 110 cm³/mol. The van der Waals surface area contributed by atoms with E-state index >= 15 is 0 Å². The molecule has 0 bridgehead atoms. The normalized spacial score (nSPS) is 16.5. The number of hydrogen-bond acceptors (Lipinski definition) is 3. The van der Waals surface area contributed by atoms with Gasteiger partial charge in [-0.05, 0) is 63.8 Å². The van der Waals surface area contributed by atoms with Crippen molar-refractivity contribution >= 4 is 5.96 Å². The van der Waals surface area contributed by atoms with Gasteiger partial charge < -0.3 is 20.3 Å². The molecule has 146 valence electrons. The molecule has 2 rings (SSSR count). The van der Waals surface area contributed by atoms with Gasteiger partial charge in [-0.15, -0.1) is 0 Å². The Bertz CT molecular complexity index is 565. The van der Waals surface area contributed by atoms with E-state index in [1.807, 2.05) is 13.0 Å². The first kappa shape index (κ1) is 20.6. The van der Waals surface area contributed by atoms with Crippen LogP contribution in [-0.2, 0) is 6.54 Å². The maximum Gasteiger partial charge on any atom is 0.191 e. The fourth-order valence-corrected chi connectivity index (χ4v) is 3.43. The van der Waals surface area contributed by atoms with E-state index in [9.17, 15) is 0 Å². The maximum absolute atomic E-state index is 5.62. The molecule has 0 spiro atoms. The second kappa shape index (κ2) is 11.1. The predicted octanol–water partition coefficient (Wildman–Crippen LogP) is 3.32. The molecule has 1 aliphatic heterocycles. The Balaban J connectivity index is 1.91. The molecule has 1 aromatic carbocycles. The molecule has 0 aliphatic carbocycles. The van der Waals surface area contributed by atoms with E-state index in [2.05, 4.69) is 48.4 Å². The number of nitrogens with zero attached hydrogens (tertiary/aromatic N) is 2. The largest absolute Gasteiger partial charge is 0.494 e. The highest BCUT2D eigenvalue weighted by Gasteiger charge is 2.19. The summed E-state index contributed by atoms with van der Waals surface area (Å²) in [7, 11) is 0. The second-order valence-electron chi connectivity index (χ2n) is 6.99. The Morgan fingerprint density at radius 3 is 2.62 bits per heavy atom. The third kappa shape index (κ3) is 6.52. The van der Waals surface area contributed by atoms with Crippen LogP contribution in [0, 0.1) is 6.92 Å². The monoisotopic (exact) mass is 360 g/mol. The van der Waals surface area contributed by atoms with Gasteiger partial charge >= 0.3 is 0 Å². The number of aryl methyl sites for hydroxylation is 1. The van der Waals surface area contributed by atoms with Crippen molar-refractivity contribution < 1.29 is 4.74 Å². The summed E-state index contributed by atoms with van der Waals surface area (Å²) in [6, 6.07) is 6.84. The number of guanidine groups is 1. The van der Waals surface area contributed by atoms with Gasteiger partial charge in [0.25, 0.3) is 0 Å². The van der Waals surface area contributed by atoms with Gasteiger partial charge in [-0.1, -0.05) is 19.1 Å². The molecule has 1 heterocycles. The lowest BCUT2D eigenvalue weighted by Gasteiger charge is -2.32. The van der Waals surface area contributed by atoms with Crippen LogP contribution in [0.1, 0.15) is 51.2 Å². The summed E-state index contributed by atoms with van der Waals surface area (Å²) in [6.07, 6.45) is 3.61. The van der Waals surface area contributed by atoms with Crippen LogP contribution in [0.2, 0.25) is 0 Å². The van der Waals surface area contributed by atoms with Crippen LogP contribution in [0.15, 0.2) is 23.2 Å². The summed E-state index contributed by atoms with van der Waals surface area (Å²) < 4.78 is 5.62. The van der Waals surface area contributed by atoms with Crippen molar-refractivity contribution in [3.63, 3.8) is 0 Å². The van der Waals surface area contributed by atoms with E-state index in [0.29, 0.717) is 19.2 Å². The molecular weight excluding hydrogens is 324 g/mol. The molecule has 0 radical (unpaired) electrons. The highest BCUT2D eigenvalue weighted by atomic mass is 16.5. The maximum atomic E-state index is 5.62. The average Bonchev–Trinajstić information content (AvgIpc) is 2.64. The van der Waals surface area contributed by atoms with Crippen LogP contribution in [0.4, 0.5) is 0 Å². The smallest absolute Gasteiger partial charge is 0.191 e. The first-order valence-corrected chi connectivity index (χ1v) is 10.2. The van der Waals surface area contributed by atoms with Crippen molar-refractivity contribution in [1.82, 2.24) is 15.5 Å². The van der Waals surface area contributed by atoms with Crippen LogP contribution < -0.4 is 15.4 Å². The van der Waals surface area contributed by atoms with E-state index in [4.69, 9.17) is 9.73 Å². The third-order valence-electron chi connectivity index (χ3n) is 4.77. The van der Waals surface area contributed by atoms with Crippen LogP contribution in [0.25, 0.3) is 0 Å². The first-order chi connectivity index (χ1) is 12.7. The van der Waals surface area contributed by atoms with Crippen LogP contribution in [-0.4, -0.2) is 49.7 Å². The molecule has 1 aliphatic rings. The lowest BCUT2D eigenvalue weighted by Crippen LogP contribution is -2.48. The summed E-state index contributed by atoms with van der Waals surface area (Å²) in [6.45, 7) is 14.3. The molecule has 0 saturated carbocycles. The fraction of sp³-hybridized carbons (Fsp3) is 0.667. The Hall–Kier alpha value is -1.75. The lowest BCUT2D eigenvalue weighted by molar-refractivity contribution is 0.206. The van der Waals surface area contributed by atoms with Crippen molar-refractivity contribution in [3.8, 4) is 5.75 Å². The number of piperidine rings is 1. The minimum absolute atomic E-state index is 0.517. The van der Waals surface area contributed by atoms with Gasteiger partial charge in [0.15, 0.2) is 5.96 Å². The number of ether oxygens (including phenoxy) is 1. The van der Waals surface area contributed by atoms with Gasteiger partial charge in [-0.2, -0.15) is 0 Å². The molecule has 1 fully saturated rings. The van der Waals surface area contributed by atoms with Crippen LogP contribution in [0.3, 0.4) is 0 Å². The highest BCUT2D eigenvalue weighted by molar-refractivity contribution is 5.80. The minimum atomic E-state index is 0.517. The summed E-state index contributed by atoms with van der Waals surface area (Å²) in [5.74, 6) is 1.89. The summed E-state index contributed by atoms with van der Waals surface area (Å²) in [4.78, 5) is 7.35. The molecule has 2 N–H and O–H groups in total. The van der Waals surface area contributed by atoms with Crippen molar-refractivity contribution in [2.24, 2.45) is 4.99 Å². The third-order valence-corrected chi connectivity index (χ3v) is 4.77. The Morgan fingerprint density at radius 2 is 2.00 bits per heavy atom. The first-order valence-electron chi connectivity index (χ1n) is 10.2. The highest BCUT2D eigenvalue weighted by Crippen LogP contribution is 2.19. The molecule has 1 aromatic rings. The number of benzene rings is 1. The molecule has 0 atom stereocenters. The average molecular weight is 361 g/mol. The number of nitrogens with one attached hydrogen (secondary N) is 2. The molecule has 1 saturated heterocycles. The van der Waals surface area contributed by atoms with Crippen molar-refractivity contribution in [1.29, 1.82) is 0 Å². The second-order valence-corrected chi connectivity index (χ2v) is 6.99. The topological polar surface area (TPSA) is 48.9 Å². The van der Waals surface area contributed by atoms with Gasteiger partial charge in [0.05, 0.1) is 13.2 Å². The quantitative estimate of drug-likeness (QED) is 0.551. The number of rotatable bonds is 8. The molecule has 0 aromatic heterocycles. The van der Waals surface area contributed by atoms with Crippen LogP contribution >= 0.6 is 0 Å². The van der Waals surface area contributed by atoms with Gasteiger partial charge in [0.1, 0.15) is 5.75 Å². The number of hydrogen-bond donors (Lipinski definition) is 2. The molecule has 5 heteroatoms. The van der Waals surface area contributed by atoms with E-state index in [1.54, 1.807) is 0 Å². The summed E-state index contributed by atoms with van der Waals surface area (Å²) in [5.41, 5.74) is 2.38. The molecule has 26 heavy (non-hydrogen) atoms. The Kier molecular flexibility index (Phi) is 8.75. The van der Waals surface area contributed by atoms with Gasteiger partial charge in [0.2, 0.25) is 0 Å². The van der Waals surface area contributed by atoms with Crippen molar-refractivity contribution in [2.75, 3.05) is 32.8 Å².